The first kappa shape index (κ1) is 15.0. The topological polar surface area (TPSA) is 53.4 Å². The number of aliphatic hydroxyl groups is 1. The molecule has 0 aromatic carbocycles. The van der Waals surface area contributed by atoms with E-state index in [4.69, 9.17) is 0 Å². The number of aromatic nitrogens is 1. The van der Waals surface area contributed by atoms with Crippen molar-refractivity contribution in [3.8, 4) is 0 Å². The summed E-state index contributed by atoms with van der Waals surface area (Å²) in [6.45, 7) is 7.85. The summed E-state index contributed by atoms with van der Waals surface area (Å²) in [6.07, 6.45) is 3.38. The lowest BCUT2D eigenvalue weighted by Crippen LogP contribution is -2.33. The highest BCUT2D eigenvalue weighted by molar-refractivity contribution is 7.13. The van der Waals surface area contributed by atoms with Crippen LogP contribution in [0.25, 0.3) is 0 Å². The van der Waals surface area contributed by atoms with Gasteiger partial charge in [-0.2, -0.15) is 0 Å². The molecule has 0 unspecified atom stereocenters. The van der Waals surface area contributed by atoms with E-state index in [9.17, 15) is 9.90 Å². The number of thiazole rings is 1. The second kappa shape index (κ2) is 5.36. The maximum atomic E-state index is 12.8. The van der Waals surface area contributed by atoms with E-state index in [0.717, 1.165) is 35.0 Å². The van der Waals surface area contributed by atoms with Crippen LogP contribution in [0.1, 0.15) is 59.4 Å². The van der Waals surface area contributed by atoms with Gasteiger partial charge in [-0.25, -0.2) is 4.98 Å². The fraction of sp³-hybridized carbons (Fsp3) is 0.750. The molecule has 21 heavy (non-hydrogen) atoms. The minimum atomic E-state index is -0.0326. The zero-order valence-electron chi connectivity index (χ0n) is 13.1. The summed E-state index contributed by atoms with van der Waals surface area (Å²) in [5, 5.41) is 10.8. The van der Waals surface area contributed by atoms with Crippen molar-refractivity contribution in [1.29, 1.82) is 0 Å². The molecule has 0 radical (unpaired) electrons. The third-order valence-electron chi connectivity index (χ3n) is 5.14. The molecule has 2 fully saturated rings. The molecule has 0 bridgehead atoms. The van der Waals surface area contributed by atoms with Crippen molar-refractivity contribution < 1.29 is 9.90 Å². The first-order chi connectivity index (χ1) is 9.97. The third kappa shape index (κ3) is 2.40. The lowest BCUT2D eigenvalue weighted by atomic mass is 9.82. The van der Waals surface area contributed by atoms with Crippen LogP contribution in [0.3, 0.4) is 0 Å². The fourth-order valence-corrected chi connectivity index (χ4v) is 4.87. The number of carbonyl (C=O) groups excluding carboxylic acids is 1. The monoisotopic (exact) mass is 308 g/mol. The molecule has 1 saturated carbocycles. The maximum Gasteiger partial charge on any atom is 0.265 e. The molecule has 1 N–H and O–H groups in total. The Morgan fingerprint density at radius 2 is 2.33 bits per heavy atom. The minimum Gasteiger partial charge on any atom is -0.396 e. The van der Waals surface area contributed by atoms with E-state index in [1.54, 1.807) is 0 Å². The number of hydrogen-bond donors (Lipinski definition) is 1. The largest absolute Gasteiger partial charge is 0.396 e. The minimum absolute atomic E-state index is 0.0326. The summed E-state index contributed by atoms with van der Waals surface area (Å²) >= 11 is 1.53. The summed E-state index contributed by atoms with van der Waals surface area (Å²) in [5.74, 6) is 0.945. The van der Waals surface area contributed by atoms with Gasteiger partial charge in [-0.15, -0.1) is 11.3 Å². The van der Waals surface area contributed by atoms with Crippen molar-refractivity contribution in [1.82, 2.24) is 9.88 Å². The number of aliphatic hydroxyl groups excluding tert-OH is 1. The molecule has 1 aliphatic carbocycles. The van der Waals surface area contributed by atoms with Gasteiger partial charge < -0.3 is 10.0 Å². The average Bonchev–Trinajstić information content (AvgIpc) is 3.09. The second-order valence-electron chi connectivity index (χ2n) is 6.92. The van der Waals surface area contributed by atoms with Gasteiger partial charge in [0.2, 0.25) is 0 Å². The zero-order valence-corrected chi connectivity index (χ0v) is 13.9. The van der Waals surface area contributed by atoms with Crippen molar-refractivity contribution >= 4 is 17.2 Å². The van der Waals surface area contributed by atoms with Crippen LogP contribution in [0, 0.1) is 18.3 Å². The van der Waals surface area contributed by atoms with Crippen LogP contribution in [-0.2, 0) is 0 Å². The van der Waals surface area contributed by atoms with Gasteiger partial charge in [-0.3, -0.25) is 4.79 Å². The number of hydrogen-bond acceptors (Lipinski definition) is 4. The van der Waals surface area contributed by atoms with E-state index in [0.29, 0.717) is 18.4 Å². The maximum absolute atomic E-state index is 12.8. The molecule has 1 amide bonds. The number of fused-ring (bicyclic) bond motifs is 1. The SMILES string of the molecule is Cc1nc(C(C)C)sc1C(=O)N1C[C@H]2CCC[C@@]2(CO)C1. The Balaban J connectivity index is 1.81. The molecule has 4 nitrogen and oxygen atoms in total. The third-order valence-corrected chi connectivity index (χ3v) is 6.59. The normalized spacial score (nSPS) is 28.4. The molecule has 1 saturated heterocycles. The molecular weight excluding hydrogens is 284 g/mol. The lowest BCUT2D eigenvalue weighted by Gasteiger charge is -2.25. The van der Waals surface area contributed by atoms with E-state index in [1.807, 2.05) is 11.8 Å². The summed E-state index contributed by atoms with van der Waals surface area (Å²) in [5.41, 5.74) is 0.818. The number of aryl methyl sites for hydroxylation is 1. The molecule has 116 valence electrons. The summed E-state index contributed by atoms with van der Waals surface area (Å²) in [4.78, 5) is 20.1. The van der Waals surface area contributed by atoms with Crippen LogP contribution in [0.15, 0.2) is 0 Å². The van der Waals surface area contributed by atoms with Crippen molar-refractivity contribution in [3.05, 3.63) is 15.6 Å². The smallest absolute Gasteiger partial charge is 0.265 e. The Labute approximate surface area is 130 Å². The van der Waals surface area contributed by atoms with Crippen LogP contribution in [0.4, 0.5) is 0 Å². The average molecular weight is 308 g/mol. The first-order valence-corrected chi connectivity index (χ1v) is 8.66. The molecular formula is C16H24N2O2S. The van der Waals surface area contributed by atoms with Crippen LogP contribution >= 0.6 is 11.3 Å². The predicted octanol–water partition coefficient (Wildman–Crippen LogP) is 2.81. The quantitative estimate of drug-likeness (QED) is 0.934. The van der Waals surface area contributed by atoms with E-state index in [1.165, 1.54) is 17.8 Å². The molecule has 2 aliphatic rings. The summed E-state index contributed by atoms with van der Waals surface area (Å²) < 4.78 is 0. The van der Waals surface area contributed by atoms with Gasteiger partial charge in [-0.05, 0) is 25.7 Å². The molecule has 2 heterocycles. The van der Waals surface area contributed by atoms with Crippen LogP contribution in [0.2, 0.25) is 0 Å². The summed E-state index contributed by atoms with van der Waals surface area (Å²) in [7, 11) is 0. The molecule has 3 rings (SSSR count). The Kier molecular flexibility index (Phi) is 3.82. The molecule has 1 aliphatic heterocycles. The van der Waals surface area contributed by atoms with Crippen LogP contribution in [0.5, 0.6) is 0 Å². The molecule has 1 aromatic rings. The number of amides is 1. The van der Waals surface area contributed by atoms with Gasteiger partial charge in [0.05, 0.1) is 17.3 Å². The van der Waals surface area contributed by atoms with Gasteiger partial charge in [0, 0.05) is 24.4 Å². The van der Waals surface area contributed by atoms with E-state index in [2.05, 4.69) is 18.8 Å². The van der Waals surface area contributed by atoms with Gasteiger partial charge in [0.15, 0.2) is 0 Å². The Bertz CT molecular complexity index is 554. The van der Waals surface area contributed by atoms with Gasteiger partial charge >= 0.3 is 0 Å². The Morgan fingerprint density at radius 1 is 1.57 bits per heavy atom. The zero-order chi connectivity index (χ0) is 15.2. The highest BCUT2D eigenvalue weighted by Gasteiger charge is 2.50. The van der Waals surface area contributed by atoms with Crippen LogP contribution in [-0.4, -0.2) is 40.6 Å². The number of rotatable bonds is 3. The van der Waals surface area contributed by atoms with Crippen molar-refractivity contribution in [2.45, 2.75) is 46.0 Å². The van der Waals surface area contributed by atoms with Gasteiger partial charge in [-0.1, -0.05) is 20.3 Å². The second-order valence-corrected chi connectivity index (χ2v) is 7.95. The van der Waals surface area contributed by atoms with Crippen molar-refractivity contribution in [2.75, 3.05) is 19.7 Å². The number of likely N-dealkylation sites (tertiary alicyclic amines) is 1. The molecule has 1 aromatic heterocycles. The van der Waals surface area contributed by atoms with Crippen molar-refractivity contribution in [2.24, 2.45) is 11.3 Å². The Morgan fingerprint density at radius 3 is 2.90 bits per heavy atom. The highest BCUT2D eigenvalue weighted by Crippen LogP contribution is 2.48. The van der Waals surface area contributed by atoms with Gasteiger partial charge in [0.1, 0.15) is 4.88 Å². The summed E-state index contributed by atoms with van der Waals surface area (Å²) in [6, 6.07) is 0. The molecule has 5 heteroatoms. The van der Waals surface area contributed by atoms with E-state index in [-0.39, 0.29) is 17.9 Å². The molecule has 2 atom stereocenters. The van der Waals surface area contributed by atoms with Crippen LogP contribution < -0.4 is 0 Å². The van der Waals surface area contributed by atoms with Crippen molar-refractivity contribution in [3.63, 3.8) is 0 Å². The molecule has 0 spiro atoms. The van der Waals surface area contributed by atoms with E-state index >= 15 is 0 Å². The first-order valence-electron chi connectivity index (χ1n) is 7.84. The highest BCUT2D eigenvalue weighted by atomic mass is 32.1. The number of nitrogens with zero attached hydrogens (tertiary/aromatic N) is 2. The lowest BCUT2D eigenvalue weighted by molar-refractivity contribution is 0.0738. The van der Waals surface area contributed by atoms with E-state index < -0.39 is 0 Å². The fourth-order valence-electron chi connectivity index (χ4n) is 3.83. The standard InChI is InChI=1S/C16H24N2O2S/c1-10(2)14-17-11(3)13(21-14)15(20)18-7-12-5-4-6-16(12,8-18)9-19/h10,12,19H,4-9H2,1-3H3/t12-,16+/m1/s1. The predicted molar refractivity (Wildman–Crippen MR) is 83.7 cm³/mol. The van der Waals surface area contributed by atoms with Gasteiger partial charge in [0.25, 0.3) is 5.91 Å². The Hall–Kier alpha value is -0.940. The number of carbonyl (C=O) groups is 1.